The van der Waals surface area contributed by atoms with Crippen LogP contribution in [0.2, 0.25) is 0 Å². The van der Waals surface area contributed by atoms with E-state index in [4.69, 9.17) is 19.4 Å². The molecular formula is C45H25N3OS2. The molecule has 0 atom stereocenters. The molecule has 0 N–H and O–H groups in total. The van der Waals surface area contributed by atoms with Crippen LogP contribution in [-0.2, 0) is 0 Å². The van der Waals surface area contributed by atoms with Gasteiger partial charge in [0.25, 0.3) is 0 Å². The van der Waals surface area contributed by atoms with Crippen molar-refractivity contribution in [2.75, 3.05) is 0 Å². The summed E-state index contributed by atoms with van der Waals surface area (Å²) in [6.45, 7) is 0. The quantitative estimate of drug-likeness (QED) is 0.185. The summed E-state index contributed by atoms with van der Waals surface area (Å²) in [6, 6.07) is 53.1. The van der Waals surface area contributed by atoms with Gasteiger partial charge in [-0.15, -0.1) is 22.7 Å². The number of rotatable bonds is 4. The minimum atomic E-state index is 0.662. The van der Waals surface area contributed by atoms with Crippen LogP contribution in [0.4, 0.5) is 0 Å². The highest BCUT2D eigenvalue weighted by Gasteiger charge is 2.20. The fourth-order valence-electron chi connectivity index (χ4n) is 7.30. The van der Waals surface area contributed by atoms with Gasteiger partial charge in [-0.1, -0.05) is 121 Å². The molecule has 51 heavy (non-hydrogen) atoms. The molecule has 0 fully saturated rings. The van der Waals surface area contributed by atoms with Gasteiger partial charge in [-0.3, -0.25) is 0 Å². The van der Waals surface area contributed by atoms with E-state index in [1.54, 1.807) is 0 Å². The second-order valence-corrected chi connectivity index (χ2v) is 14.9. The van der Waals surface area contributed by atoms with Gasteiger partial charge in [-0.05, 0) is 35.9 Å². The van der Waals surface area contributed by atoms with Gasteiger partial charge in [0.2, 0.25) is 0 Å². The van der Waals surface area contributed by atoms with Crippen LogP contribution in [0.1, 0.15) is 0 Å². The molecule has 0 radical (unpaired) electrons. The first-order chi connectivity index (χ1) is 25.2. The molecule has 0 saturated carbocycles. The summed E-state index contributed by atoms with van der Waals surface area (Å²) in [6.07, 6.45) is 0. The number of para-hydroxylation sites is 1. The Morgan fingerprint density at radius 2 is 0.961 bits per heavy atom. The van der Waals surface area contributed by atoms with E-state index >= 15 is 0 Å². The molecular weight excluding hydrogens is 663 g/mol. The molecule has 0 aliphatic rings. The maximum atomic E-state index is 6.54. The van der Waals surface area contributed by atoms with E-state index in [1.807, 2.05) is 89.4 Å². The summed E-state index contributed by atoms with van der Waals surface area (Å²) >= 11 is 3.65. The zero-order valence-electron chi connectivity index (χ0n) is 27.0. The van der Waals surface area contributed by atoms with E-state index in [0.29, 0.717) is 17.5 Å². The predicted octanol–water partition coefficient (Wildman–Crippen LogP) is 13.2. The van der Waals surface area contributed by atoms with Gasteiger partial charge in [0, 0.05) is 73.4 Å². The molecule has 0 saturated heterocycles. The molecule has 0 spiro atoms. The Morgan fingerprint density at radius 1 is 0.392 bits per heavy atom. The van der Waals surface area contributed by atoms with Crippen molar-refractivity contribution in [1.82, 2.24) is 15.0 Å². The van der Waals surface area contributed by atoms with Crippen molar-refractivity contribution < 1.29 is 4.42 Å². The van der Waals surface area contributed by atoms with Gasteiger partial charge in [-0.25, -0.2) is 15.0 Å². The van der Waals surface area contributed by atoms with E-state index in [2.05, 4.69) is 84.9 Å². The molecule has 11 rings (SSSR count). The van der Waals surface area contributed by atoms with Crippen molar-refractivity contribution in [1.29, 1.82) is 0 Å². The van der Waals surface area contributed by atoms with Crippen LogP contribution in [0.5, 0.6) is 0 Å². The summed E-state index contributed by atoms with van der Waals surface area (Å²) in [5.41, 5.74) is 7.21. The summed E-state index contributed by atoms with van der Waals surface area (Å²) < 4.78 is 11.5. The lowest BCUT2D eigenvalue weighted by Gasteiger charge is -2.08. The zero-order chi connectivity index (χ0) is 33.5. The van der Waals surface area contributed by atoms with Gasteiger partial charge < -0.3 is 4.42 Å². The predicted molar refractivity (Wildman–Crippen MR) is 215 cm³/mol. The first-order valence-corrected chi connectivity index (χ1v) is 18.5. The van der Waals surface area contributed by atoms with Crippen LogP contribution < -0.4 is 0 Å². The van der Waals surface area contributed by atoms with Crippen molar-refractivity contribution in [2.24, 2.45) is 0 Å². The highest BCUT2D eigenvalue weighted by atomic mass is 32.1. The average Bonchev–Trinajstić information content (AvgIpc) is 3.88. The Labute approximate surface area is 299 Å². The lowest BCUT2D eigenvalue weighted by Crippen LogP contribution is -1.99. The van der Waals surface area contributed by atoms with Crippen molar-refractivity contribution >= 4 is 85.0 Å². The maximum Gasteiger partial charge on any atom is 0.164 e. The van der Waals surface area contributed by atoms with Crippen LogP contribution in [-0.4, -0.2) is 15.0 Å². The number of nitrogens with zero attached hydrogens (tertiary/aromatic N) is 3. The molecule has 4 heterocycles. The molecule has 4 nitrogen and oxygen atoms in total. The van der Waals surface area contributed by atoms with Gasteiger partial charge in [-0.2, -0.15) is 0 Å². The van der Waals surface area contributed by atoms with Crippen molar-refractivity contribution in [3.05, 3.63) is 152 Å². The number of benzene rings is 7. The molecule has 6 heteroatoms. The van der Waals surface area contributed by atoms with E-state index in [0.717, 1.165) is 38.6 Å². The lowest BCUT2D eigenvalue weighted by atomic mass is 9.98. The maximum absolute atomic E-state index is 6.54. The van der Waals surface area contributed by atoms with Gasteiger partial charge in [0.05, 0.1) is 0 Å². The summed E-state index contributed by atoms with van der Waals surface area (Å²) in [5, 5.41) is 7.21. The van der Waals surface area contributed by atoms with Crippen LogP contribution in [0.3, 0.4) is 0 Å². The van der Waals surface area contributed by atoms with Gasteiger partial charge in [0.15, 0.2) is 17.5 Å². The SMILES string of the molecule is c1ccc(-c2nc(-c3ccccc3)nc(-c3ccc4c(c3)sc3cc(-c5cc6c7ccccc7oc6c6c5sc5ccccc56)ccc34)n2)cc1. The van der Waals surface area contributed by atoms with E-state index in [-0.39, 0.29) is 0 Å². The Bertz CT molecular complexity index is 3080. The van der Waals surface area contributed by atoms with E-state index in [9.17, 15) is 0 Å². The normalized spacial score (nSPS) is 11.9. The number of fused-ring (bicyclic) bond motifs is 10. The molecule has 0 bridgehead atoms. The largest absolute Gasteiger partial charge is 0.455 e. The molecule has 238 valence electrons. The minimum absolute atomic E-state index is 0.662. The summed E-state index contributed by atoms with van der Waals surface area (Å²) in [7, 11) is 0. The second kappa shape index (κ2) is 11.2. The molecule has 4 aromatic heterocycles. The summed E-state index contributed by atoms with van der Waals surface area (Å²) in [5.74, 6) is 1.99. The number of hydrogen-bond donors (Lipinski definition) is 0. The smallest absolute Gasteiger partial charge is 0.164 e. The number of furan rings is 1. The van der Waals surface area contributed by atoms with E-state index < -0.39 is 0 Å². The Kier molecular flexibility index (Phi) is 6.26. The molecule has 7 aromatic carbocycles. The third kappa shape index (κ3) is 4.54. The van der Waals surface area contributed by atoms with Crippen LogP contribution in [0.15, 0.2) is 156 Å². The van der Waals surface area contributed by atoms with Crippen LogP contribution in [0, 0.1) is 0 Å². The Morgan fingerprint density at radius 3 is 1.67 bits per heavy atom. The van der Waals surface area contributed by atoms with Crippen molar-refractivity contribution in [2.45, 2.75) is 0 Å². The average molecular weight is 688 g/mol. The lowest BCUT2D eigenvalue weighted by molar-refractivity contribution is 0.673. The standard InChI is InChI=1S/C45H25N3OS2/c1-3-11-26(12-4-1)43-46-44(27-13-5-2-6-14-27)48-45(47-43)29-20-22-32-31-21-19-28(23-38(31)50-39(32)24-29)34-25-35-30-15-7-9-17-36(30)49-41(35)40-33-16-8-10-18-37(33)51-42(34)40/h1-25H. The fourth-order valence-corrected chi connectivity index (χ4v) is 9.72. The van der Waals surface area contributed by atoms with Crippen molar-refractivity contribution in [3.63, 3.8) is 0 Å². The topological polar surface area (TPSA) is 51.8 Å². The highest BCUT2D eigenvalue weighted by Crippen LogP contribution is 2.47. The number of aromatic nitrogens is 3. The Hall–Kier alpha value is -6.21. The molecule has 0 aliphatic heterocycles. The minimum Gasteiger partial charge on any atom is -0.455 e. The fraction of sp³-hybridized carbons (Fsp3) is 0. The van der Waals surface area contributed by atoms with Gasteiger partial charge >= 0.3 is 0 Å². The molecule has 0 amide bonds. The monoisotopic (exact) mass is 687 g/mol. The number of hydrogen-bond acceptors (Lipinski definition) is 6. The first-order valence-electron chi connectivity index (χ1n) is 16.8. The second-order valence-electron chi connectivity index (χ2n) is 12.8. The van der Waals surface area contributed by atoms with Crippen molar-refractivity contribution in [3.8, 4) is 45.3 Å². The third-order valence-electron chi connectivity index (χ3n) is 9.73. The van der Waals surface area contributed by atoms with Crippen LogP contribution in [0.25, 0.3) is 108 Å². The molecule has 0 unspecified atom stereocenters. The van der Waals surface area contributed by atoms with E-state index in [1.165, 1.54) is 51.5 Å². The highest BCUT2D eigenvalue weighted by molar-refractivity contribution is 7.26. The third-order valence-corrected chi connectivity index (χ3v) is 12.1. The summed E-state index contributed by atoms with van der Waals surface area (Å²) in [4.78, 5) is 14.8. The Balaban J connectivity index is 1.08. The van der Waals surface area contributed by atoms with Crippen LogP contribution >= 0.6 is 22.7 Å². The zero-order valence-corrected chi connectivity index (χ0v) is 28.6. The molecule has 0 aliphatic carbocycles. The number of thiophene rings is 2. The molecule has 11 aromatic rings. The first kappa shape index (κ1) is 28.6. The van der Waals surface area contributed by atoms with Gasteiger partial charge in [0.1, 0.15) is 11.2 Å².